The summed E-state index contributed by atoms with van der Waals surface area (Å²) in [5.41, 5.74) is 0. The van der Waals surface area contributed by atoms with Crippen LogP contribution < -0.4 is 29.6 Å². The molecule has 0 saturated heterocycles. The van der Waals surface area contributed by atoms with Gasteiger partial charge in [-0.05, 0) is 6.42 Å². The molecule has 0 saturated carbocycles. The van der Waals surface area contributed by atoms with Gasteiger partial charge in [-0.2, -0.15) is 8.42 Å². The van der Waals surface area contributed by atoms with Gasteiger partial charge in [0.25, 0.3) is 10.1 Å². The van der Waals surface area contributed by atoms with Crippen molar-refractivity contribution in [3.63, 3.8) is 0 Å². The van der Waals surface area contributed by atoms with E-state index in [9.17, 15) is 8.42 Å². The summed E-state index contributed by atoms with van der Waals surface area (Å²) in [5.74, 6) is -0.0799. The smallest absolute Gasteiger partial charge is 0.750 e. The van der Waals surface area contributed by atoms with Gasteiger partial charge in [-0.25, -0.2) is 4.21 Å². The largest absolute Gasteiger partial charge is 1.00 e. The standard InChI is InChI=1S/C12H26O3S.Na.H2O3S/c1-2-3-4-5-6-7-8-9-10-11-12-16(13,14)15;;1-4(2)3/h2-12H2,1H3,(H,13,14,15);;(H2,1,2,3)/q;+1;/p-1. The van der Waals surface area contributed by atoms with E-state index in [1.807, 2.05) is 0 Å². The maximum Gasteiger partial charge on any atom is 1.00 e. The van der Waals surface area contributed by atoms with Gasteiger partial charge >= 0.3 is 29.6 Å². The molecule has 0 aliphatic carbocycles. The second-order valence-corrected chi connectivity index (χ2v) is 6.69. The van der Waals surface area contributed by atoms with Crippen molar-refractivity contribution in [3.05, 3.63) is 0 Å². The van der Waals surface area contributed by atoms with E-state index in [2.05, 4.69) is 6.92 Å². The number of unbranched alkanes of at least 4 members (excludes halogenated alkanes) is 9. The van der Waals surface area contributed by atoms with Crippen LogP contribution >= 0.6 is 0 Å². The maximum atomic E-state index is 10.4. The van der Waals surface area contributed by atoms with E-state index < -0.39 is 21.5 Å². The Morgan fingerprint density at radius 2 is 1.19 bits per heavy atom. The van der Waals surface area contributed by atoms with Crippen LogP contribution in [0.3, 0.4) is 0 Å². The first-order valence-corrected chi connectivity index (χ1v) is 9.67. The Balaban J connectivity index is -0.000000572. The van der Waals surface area contributed by atoms with Crippen LogP contribution in [0.4, 0.5) is 0 Å². The zero-order valence-electron chi connectivity index (χ0n) is 13.1. The van der Waals surface area contributed by atoms with Crippen molar-refractivity contribution in [1.82, 2.24) is 0 Å². The summed E-state index contributed by atoms with van der Waals surface area (Å²) in [6.07, 6.45) is 11.7. The number of rotatable bonds is 11. The Kier molecular flexibility index (Phi) is 24.3. The van der Waals surface area contributed by atoms with Gasteiger partial charge in [-0.3, -0.25) is 4.55 Å². The molecule has 6 nitrogen and oxygen atoms in total. The van der Waals surface area contributed by atoms with Crippen molar-refractivity contribution in [2.45, 2.75) is 71.1 Å². The quantitative estimate of drug-likeness (QED) is 0.236. The van der Waals surface area contributed by atoms with Gasteiger partial charge in [0.1, 0.15) is 0 Å². The third kappa shape index (κ3) is 38.7. The van der Waals surface area contributed by atoms with Crippen LogP contribution in [0.5, 0.6) is 0 Å². The SMILES string of the molecule is CCCCCCCCCCCCS(=O)(=O)O.O=S([O-])O.[Na+]. The van der Waals surface area contributed by atoms with E-state index in [4.69, 9.17) is 17.9 Å². The number of hydrogen-bond donors (Lipinski definition) is 2. The molecule has 21 heavy (non-hydrogen) atoms. The normalized spacial score (nSPS) is 12.0. The Morgan fingerprint density at radius 3 is 1.48 bits per heavy atom. The molecule has 2 N–H and O–H groups in total. The molecule has 0 radical (unpaired) electrons. The zero-order chi connectivity index (χ0) is 15.9. The summed E-state index contributed by atoms with van der Waals surface area (Å²) in [7, 11) is -3.73. The van der Waals surface area contributed by atoms with Crippen LogP contribution in [0.25, 0.3) is 0 Å². The molecular formula is C12H27NaO6S2. The first kappa shape index (κ1) is 26.9. The van der Waals surface area contributed by atoms with Crippen molar-refractivity contribution in [1.29, 1.82) is 0 Å². The number of hydrogen-bond acceptors (Lipinski definition) is 4. The van der Waals surface area contributed by atoms with Crippen LogP contribution in [-0.2, 0) is 21.5 Å². The average molecular weight is 354 g/mol. The fourth-order valence-corrected chi connectivity index (χ4v) is 2.34. The van der Waals surface area contributed by atoms with E-state index >= 15 is 0 Å². The Morgan fingerprint density at radius 1 is 0.905 bits per heavy atom. The minimum atomic E-state index is -3.73. The summed E-state index contributed by atoms with van der Waals surface area (Å²) >= 11 is -2.86. The summed E-state index contributed by atoms with van der Waals surface area (Å²) in [6.45, 7) is 2.22. The molecule has 0 aliphatic rings. The second-order valence-electron chi connectivity index (χ2n) is 4.69. The molecule has 0 spiro atoms. The van der Waals surface area contributed by atoms with Gasteiger partial charge in [0.05, 0.1) is 17.1 Å². The molecule has 1 atom stereocenters. The molecule has 1 unspecified atom stereocenters. The van der Waals surface area contributed by atoms with Crippen LogP contribution in [-0.4, -0.2) is 32.0 Å². The van der Waals surface area contributed by atoms with Crippen molar-refractivity contribution < 1.29 is 55.8 Å². The van der Waals surface area contributed by atoms with Crippen LogP contribution in [0, 0.1) is 0 Å². The first-order chi connectivity index (χ1) is 9.29. The molecule has 0 bridgehead atoms. The van der Waals surface area contributed by atoms with Crippen molar-refractivity contribution in [2.75, 3.05) is 5.75 Å². The van der Waals surface area contributed by atoms with E-state index in [0.29, 0.717) is 6.42 Å². The third-order valence-electron chi connectivity index (χ3n) is 2.76. The van der Waals surface area contributed by atoms with E-state index in [1.165, 1.54) is 44.9 Å². The molecule has 0 aromatic carbocycles. The minimum absolute atomic E-state index is 0. The molecule has 9 heteroatoms. The van der Waals surface area contributed by atoms with Crippen LogP contribution in [0.1, 0.15) is 71.1 Å². The van der Waals surface area contributed by atoms with Gasteiger partial charge in [-0.15, -0.1) is 0 Å². The second kappa shape index (κ2) is 19.0. The molecule has 0 aromatic rings. The van der Waals surface area contributed by atoms with E-state index in [-0.39, 0.29) is 35.3 Å². The molecule has 0 amide bonds. The molecule has 124 valence electrons. The Bertz CT molecular complexity index is 318. The van der Waals surface area contributed by atoms with Crippen LogP contribution in [0.2, 0.25) is 0 Å². The van der Waals surface area contributed by atoms with Crippen LogP contribution in [0.15, 0.2) is 0 Å². The fraction of sp³-hybridized carbons (Fsp3) is 1.00. The van der Waals surface area contributed by atoms with Gasteiger partial charge in [-0.1, -0.05) is 64.7 Å². The van der Waals surface area contributed by atoms with Gasteiger partial charge in [0.15, 0.2) is 0 Å². The van der Waals surface area contributed by atoms with Crippen molar-refractivity contribution in [2.24, 2.45) is 0 Å². The summed E-state index contributed by atoms with van der Waals surface area (Å²) in [4.78, 5) is 0. The minimum Gasteiger partial charge on any atom is -0.750 e. The first-order valence-electron chi connectivity index (χ1n) is 7.03. The Labute approximate surface area is 153 Å². The molecule has 0 heterocycles. The molecule has 0 aromatic heterocycles. The fourth-order valence-electron chi connectivity index (χ4n) is 1.77. The Hall–Kier alpha value is 0.980. The predicted molar refractivity (Wildman–Crippen MR) is 79.8 cm³/mol. The van der Waals surface area contributed by atoms with Gasteiger partial charge < -0.3 is 9.11 Å². The van der Waals surface area contributed by atoms with Crippen molar-refractivity contribution >= 4 is 21.5 Å². The molecule has 0 rings (SSSR count). The van der Waals surface area contributed by atoms with Gasteiger partial charge in [0.2, 0.25) is 0 Å². The topological polar surface area (TPSA) is 115 Å². The predicted octanol–water partition coefficient (Wildman–Crippen LogP) is 0.138. The molecule has 0 fully saturated rings. The zero-order valence-corrected chi connectivity index (χ0v) is 16.8. The summed E-state index contributed by atoms with van der Waals surface area (Å²) in [6, 6.07) is 0. The van der Waals surface area contributed by atoms with Crippen molar-refractivity contribution in [3.8, 4) is 0 Å². The van der Waals surface area contributed by atoms with E-state index in [1.54, 1.807) is 0 Å². The summed E-state index contributed by atoms with van der Waals surface area (Å²) in [5, 5.41) is 0. The van der Waals surface area contributed by atoms with Gasteiger partial charge in [0, 0.05) is 0 Å². The monoisotopic (exact) mass is 354 g/mol. The molecular weight excluding hydrogens is 327 g/mol. The summed E-state index contributed by atoms with van der Waals surface area (Å²) < 4.78 is 53.4. The van der Waals surface area contributed by atoms with E-state index in [0.717, 1.165) is 12.8 Å². The third-order valence-corrected chi connectivity index (χ3v) is 3.56. The molecule has 0 aliphatic heterocycles. The average Bonchev–Trinajstić information content (AvgIpc) is 2.29. The maximum absolute atomic E-state index is 10.4.